The Morgan fingerprint density at radius 1 is 1.30 bits per heavy atom. The van der Waals surface area contributed by atoms with Crippen LogP contribution in [0.1, 0.15) is 29.2 Å². The lowest BCUT2D eigenvalue weighted by atomic mass is 9.99. The van der Waals surface area contributed by atoms with E-state index in [1.807, 2.05) is 18.2 Å². The van der Waals surface area contributed by atoms with Gasteiger partial charge < -0.3 is 19.9 Å². The molecular formula is C22H21FN2O5. The van der Waals surface area contributed by atoms with Crippen LogP contribution in [0, 0.1) is 5.82 Å². The molecule has 0 spiro atoms. The minimum atomic E-state index is -0.987. The number of amides is 1. The normalized spacial score (nSPS) is 19.0. The van der Waals surface area contributed by atoms with Crippen LogP contribution < -0.4 is 10.6 Å². The molecule has 0 saturated heterocycles. The molecule has 0 radical (unpaired) electrons. The molecule has 3 N–H and O–H groups in total. The highest BCUT2D eigenvalue weighted by Gasteiger charge is 2.33. The van der Waals surface area contributed by atoms with E-state index in [2.05, 4.69) is 10.6 Å². The van der Waals surface area contributed by atoms with Gasteiger partial charge in [0.15, 0.2) is 0 Å². The molecule has 4 rings (SSSR count). The number of benzene rings is 2. The van der Waals surface area contributed by atoms with Crippen molar-refractivity contribution in [2.24, 2.45) is 0 Å². The van der Waals surface area contributed by atoms with E-state index >= 15 is 0 Å². The fourth-order valence-corrected chi connectivity index (χ4v) is 3.72. The standard InChI is InChI=1S/C22H21FN2O5/c1-11(29-2)19(22(27)28)24-9-12-3-5-15-13(7-12)10-30-20(15)18-16-8-14(23)4-6-17(16)25-21(18)26/h3-8,11,19,24H,9-10H2,1-2H3,(H,25,26)(H,27,28). The van der Waals surface area contributed by atoms with Gasteiger partial charge in [0.2, 0.25) is 0 Å². The Morgan fingerprint density at radius 2 is 2.10 bits per heavy atom. The number of ether oxygens (including phenoxy) is 2. The maximum Gasteiger partial charge on any atom is 0.323 e. The van der Waals surface area contributed by atoms with Gasteiger partial charge in [-0.25, -0.2) is 4.39 Å². The van der Waals surface area contributed by atoms with Crippen LogP contribution in [0.2, 0.25) is 0 Å². The number of methoxy groups -OCH3 is 1. The summed E-state index contributed by atoms with van der Waals surface area (Å²) in [4.78, 5) is 23.9. The van der Waals surface area contributed by atoms with Gasteiger partial charge in [-0.15, -0.1) is 0 Å². The minimum absolute atomic E-state index is 0.275. The second kappa shape index (κ2) is 7.89. The first-order chi connectivity index (χ1) is 14.4. The summed E-state index contributed by atoms with van der Waals surface area (Å²) in [6.45, 7) is 2.29. The van der Waals surface area contributed by atoms with Crippen molar-refractivity contribution in [3.63, 3.8) is 0 Å². The van der Waals surface area contributed by atoms with Crippen molar-refractivity contribution in [1.82, 2.24) is 5.32 Å². The Bertz CT molecular complexity index is 1070. The van der Waals surface area contributed by atoms with Gasteiger partial charge in [0.25, 0.3) is 5.91 Å². The van der Waals surface area contributed by atoms with Gasteiger partial charge in [-0.2, -0.15) is 0 Å². The molecule has 7 nitrogen and oxygen atoms in total. The highest BCUT2D eigenvalue weighted by Crippen LogP contribution is 2.41. The molecule has 8 heteroatoms. The number of carbonyl (C=O) groups excluding carboxylic acids is 1. The predicted molar refractivity (Wildman–Crippen MR) is 108 cm³/mol. The highest BCUT2D eigenvalue weighted by molar-refractivity contribution is 6.36. The van der Waals surface area contributed by atoms with E-state index in [9.17, 15) is 19.1 Å². The first-order valence-corrected chi connectivity index (χ1v) is 9.48. The lowest BCUT2D eigenvalue weighted by molar-refractivity contribution is -0.142. The highest BCUT2D eigenvalue weighted by atomic mass is 19.1. The number of anilines is 1. The van der Waals surface area contributed by atoms with E-state index in [-0.39, 0.29) is 12.5 Å². The summed E-state index contributed by atoms with van der Waals surface area (Å²) in [5, 5.41) is 15.1. The van der Waals surface area contributed by atoms with Crippen LogP contribution in [0.4, 0.5) is 10.1 Å². The SMILES string of the molecule is COC(C)C(NCc1ccc2c(c1)COC2=C1C(=O)Nc2ccc(F)cc21)C(=O)O. The number of carbonyl (C=O) groups is 2. The van der Waals surface area contributed by atoms with E-state index in [0.717, 1.165) is 16.7 Å². The Balaban J connectivity index is 1.61. The summed E-state index contributed by atoms with van der Waals surface area (Å²) in [6.07, 6.45) is -0.488. The van der Waals surface area contributed by atoms with E-state index in [1.165, 1.54) is 25.3 Å². The number of hydrogen-bond donors (Lipinski definition) is 3. The van der Waals surface area contributed by atoms with Gasteiger partial charge in [0.1, 0.15) is 24.2 Å². The largest absolute Gasteiger partial charge is 0.487 e. The quantitative estimate of drug-likeness (QED) is 0.632. The van der Waals surface area contributed by atoms with Crippen LogP contribution in [0.3, 0.4) is 0 Å². The second-order valence-electron chi connectivity index (χ2n) is 7.27. The van der Waals surface area contributed by atoms with E-state index < -0.39 is 23.9 Å². The molecule has 30 heavy (non-hydrogen) atoms. The Labute approximate surface area is 172 Å². The zero-order valence-electron chi connectivity index (χ0n) is 16.5. The van der Waals surface area contributed by atoms with Crippen molar-refractivity contribution in [2.75, 3.05) is 12.4 Å². The van der Waals surface area contributed by atoms with Gasteiger partial charge >= 0.3 is 5.97 Å². The molecule has 2 unspecified atom stereocenters. The van der Waals surface area contributed by atoms with E-state index in [0.29, 0.717) is 29.1 Å². The lowest BCUT2D eigenvalue weighted by Crippen LogP contribution is -2.45. The van der Waals surface area contributed by atoms with Crippen LogP contribution >= 0.6 is 0 Å². The molecule has 0 bridgehead atoms. The summed E-state index contributed by atoms with van der Waals surface area (Å²) in [7, 11) is 1.47. The number of carboxylic acids is 1. The Hall–Kier alpha value is -3.23. The van der Waals surface area contributed by atoms with Gasteiger partial charge in [-0.05, 0) is 30.7 Å². The zero-order chi connectivity index (χ0) is 21.4. The smallest absolute Gasteiger partial charge is 0.323 e. The molecule has 0 saturated carbocycles. The topological polar surface area (TPSA) is 96.9 Å². The molecule has 0 fully saturated rings. The summed E-state index contributed by atoms with van der Waals surface area (Å²) in [6, 6.07) is 8.89. The van der Waals surface area contributed by atoms with Crippen LogP contribution in [0.15, 0.2) is 36.4 Å². The third-order valence-corrected chi connectivity index (χ3v) is 5.37. The molecule has 2 aromatic rings. The molecule has 2 atom stereocenters. The number of halogens is 1. The third kappa shape index (κ3) is 3.55. The second-order valence-corrected chi connectivity index (χ2v) is 7.27. The molecule has 0 aliphatic carbocycles. The van der Waals surface area contributed by atoms with Gasteiger partial charge in [-0.3, -0.25) is 14.9 Å². The number of hydrogen-bond acceptors (Lipinski definition) is 5. The predicted octanol–water partition coefficient (Wildman–Crippen LogP) is 2.75. The number of nitrogens with one attached hydrogen (secondary N) is 2. The third-order valence-electron chi connectivity index (χ3n) is 5.37. The minimum Gasteiger partial charge on any atom is -0.487 e. The van der Waals surface area contributed by atoms with Crippen molar-refractivity contribution in [3.8, 4) is 0 Å². The van der Waals surface area contributed by atoms with E-state index in [4.69, 9.17) is 9.47 Å². The summed E-state index contributed by atoms with van der Waals surface area (Å²) < 4.78 is 24.7. The molecule has 2 aromatic carbocycles. The van der Waals surface area contributed by atoms with Crippen molar-refractivity contribution < 1.29 is 28.6 Å². The van der Waals surface area contributed by atoms with E-state index in [1.54, 1.807) is 6.92 Å². The average molecular weight is 412 g/mol. The van der Waals surface area contributed by atoms with Crippen molar-refractivity contribution in [1.29, 1.82) is 0 Å². The molecule has 1 amide bonds. The molecule has 156 valence electrons. The molecule has 2 aliphatic heterocycles. The number of carboxylic acid groups (broad SMARTS) is 1. The van der Waals surface area contributed by atoms with Crippen LogP contribution in [-0.2, 0) is 32.2 Å². The fraction of sp³-hybridized carbons (Fsp3) is 0.273. The number of aliphatic carboxylic acids is 1. The lowest BCUT2D eigenvalue weighted by Gasteiger charge is -2.20. The van der Waals surface area contributed by atoms with Crippen LogP contribution in [0.5, 0.6) is 0 Å². The van der Waals surface area contributed by atoms with Gasteiger partial charge in [0, 0.05) is 36.0 Å². The first kappa shape index (κ1) is 20.1. The maximum atomic E-state index is 13.7. The summed E-state index contributed by atoms with van der Waals surface area (Å²) in [5.41, 5.74) is 3.86. The monoisotopic (exact) mass is 412 g/mol. The van der Waals surface area contributed by atoms with Crippen molar-refractivity contribution >= 4 is 28.9 Å². The fourth-order valence-electron chi connectivity index (χ4n) is 3.72. The Morgan fingerprint density at radius 3 is 2.83 bits per heavy atom. The molecular weight excluding hydrogens is 391 g/mol. The van der Waals surface area contributed by atoms with Crippen molar-refractivity contribution in [2.45, 2.75) is 32.2 Å². The zero-order valence-corrected chi connectivity index (χ0v) is 16.5. The molecule has 2 heterocycles. The summed E-state index contributed by atoms with van der Waals surface area (Å²) in [5.74, 6) is -1.33. The van der Waals surface area contributed by atoms with Gasteiger partial charge in [-0.1, -0.05) is 18.2 Å². The molecule has 2 aliphatic rings. The number of fused-ring (bicyclic) bond motifs is 2. The van der Waals surface area contributed by atoms with Crippen molar-refractivity contribution in [3.05, 3.63) is 64.5 Å². The van der Waals surface area contributed by atoms with Crippen LogP contribution in [-0.4, -0.2) is 36.2 Å². The maximum absolute atomic E-state index is 13.7. The first-order valence-electron chi connectivity index (χ1n) is 9.48. The van der Waals surface area contributed by atoms with Gasteiger partial charge in [0.05, 0.1) is 11.7 Å². The molecule has 0 aromatic heterocycles. The number of rotatable bonds is 6. The Kier molecular flexibility index (Phi) is 5.27. The van der Waals surface area contributed by atoms with Crippen LogP contribution in [0.25, 0.3) is 11.3 Å². The summed E-state index contributed by atoms with van der Waals surface area (Å²) >= 11 is 0. The average Bonchev–Trinajstić information content (AvgIpc) is 3.26.